The predicted molar refractivity (Wildman–Crippen MR) is 68.3 cm³/mol. The fraction of sp³-hybridized carbons (Fsp3) is 0.333. The Morgan fingerprint density at radius 2 is 2.12 bits per heavy atom. The van der Waals surface area contributed by atoms with Crippen LogP contribution in [0.5, 0.6) is 0 Å². The van der Waals surface area contributed by atoms with Gasteiger partial charge in [0, 0.05) is 11.4 Å². The summed E-state index contributed by atoms with van der Waals surface area (Å²) in [4.78, 5) is -0.412. The summed E-state index contributed by atoms with van der Waals surface area (Å²) < 4.78 is 5.28. The maximum Gasteiger partial charge on any atom is 0.133 e. The maximum atomic E-state index is 5.88. The Hall–Kier alpha value is -0.700. The van der Waals surface area contributed by atoms with E-state index in [2.05, 4.69) is 11.4 Å². The van der Waals surface area contributed by atoms with E-state index in [0.717, 1.165) is 17.4 Å². The Bertz CT molecular complexity index is 467. The number of hydrogen-bond acceptors (Lipinski definition) is 2. The molecule has 1 aromatic carbocycles. The molecular weight excluding hydrogens is 245 g/mol. The lowest BCUT2D eigenvalue weighted by atomic mass is 10.1. The van der Waals surface area contributed by atoms with E-state index in [1.54, 1.807) is 6.26 Å². The van der Waals surface area contributed by atoms with Crippen LogP contribution in [0.15, 0.2) is 34.9 Å². The van der Waals surface area contributed by atoms with Gasteiger partial charge in [0.1, 0.15) is 10.4 Å². The Labute approximate surface area is 105 Å². The molecule has 0 aliphatic carbocycles. The molecule has 2 nitrogen and oxygen atoms in total. The molecule has 0 radical (unpaired) electrons. The van der Waals surface area contributed by atoms with Gasteiger partial charge in [-0.2, -0.15) is 0 Å². The molecule has 16 heavy (non-hydrogen) atoms. The van der Waals surface area contributed by atoms with E-state index in [1.165, 1.54) is 5.56 Å². The molecule has 2 rings (SSSR count). The van der Waals surface area contributed by atoms with Crippen molar-refractivity contribution in [1.29, 1.82) is 0 Å². The average Bonchev–Trinajstić information content (AvgIpc) is 2.72. The molecule has 1 aromatic heterocycles. The van der Waals surface area contributed by atoms with Crippen LogP contribution in [0.1, 0.15) is 5.56 Å². The van der Waals surface area contributed by atoms with Gasteiger partial charge in [-0.3, -0.25) is 0 Å². The smallest absolute Gasteiger partial charge is 0.133 e. The molecule has 0 amide bonds. The van der Waals surface area contributed by atoms with Gasteiger partial charge in [-0.05, 0) is 37.2 Å². The lowest BCUT2D eigenvalue weighted by Gasteiger charge is -2.16. The van der Waals surface area contributed by atoms with Crippen molar-refractivity contribution < 1.29 is 4.42 Å². The van der Waals surface area contributed by atoms with E-state index >= 15 is 0 Å². The molecule has 86 valence electrons. The molecular formula is C12H13Cl2NO. The molecule has 0 aliphatic rings. The highest BCUT2D eigenvalue weighted by Crippen LogP contribution is 2.19. The summed E-state index contributed by atoms with van der Waals surface area (Å²) in [7, 11) is 1.86. The van der Waals surface area contributed by atoms with E-state index in [-0.39, 0.29) is 6.04 Å². The van der Waals surface area contributed by atoms with Crippen molar-refractivity contribution >= 4 is 34.2 Å². The summed E-state index contributed by atoms with van der Waals surface area (Å²) in [6.45, 7) is 0. The third-order valence-electron chi connectivity index (χ3n) is 2.65. The first-order valence-electron chi connectivity index (χ1n) is 5.12. The highest BCUT2D eigenvalue weighted by Gasteiger charge is 2.15. The van der Waals surface area contributed by atoms with Crippen LogP contribution >= 0.6 is 23.2 Å². The van der Waals surface area contributed by atoms with Crippen molar-refractivity contribution in [2.45, 2.75) is 17.3 Å². The van der Waals surface area contributed by atoms with Gasteiger partial charge in [-0.25, -0.2) is 0 Å². The highest BCUT2D eigenvalue weighted by atomic mass is 35.5. The minimum absolute atomic E-state index is 0.0627. The van der Waals surface area contributed by atoms with Crippen LogP contribution in [0, 0.1) is 0 Å². The van der Waals surface area contributed by atoms with Crippen LogP contribution < -0.4 is 5.32 Å². The minimum Gasteiger partial charge on any atom is -0.464 e. The number of nitrogens with one attached hydrogen (secondary N) is 1. The second-order valence-corrected chi connectivity index (χ2v) is 4.89. The topological polar surface area (TPSA) is 25.2 Å². The summed E-state index contributed by atoms with van der Waals surface area (Å²) >= 11 is 11.8. The molecule has 1 atom stereocenters. The van der Waals surface area contributed by atoms with Crippen LogP contribution in [0.4, 0.5) is 0 Å². The molecule has 0 bridgehead atoms. The minimum atomic E-state index is -0.412. The lowest BCUT2D eigenvalue weighted by Crippen LogP contribution is -2.33. The second-order valence-electron chi connectivity index (χ2n) is 3.73. The van der Waals surface area contributed by atoms with Gasteiger partial charge in [0.05, 0.1) is 6.26 Å². The second kappa shape index (κ2) is 5.09. The molecule has 0 saturated heterocycles. The number of benzene rings is 1. The normalized spacial score (nSPS) is 13.5. The Balaban J connectivity index is 2.19. The Kier molecular flexibility index (Phi) is 3.74. The molecule has 2 aromatic rings. The third kappa shape index (κ3) is 2.51. The SMILES string of the molecule is CNC(Cc1ccc2occc2c1)C(Cl)Cl. The fourth-order valence-corrected chi connectivity index (χ4v) is 2.14. The van der Waals surface area contributed by atoms with Gasteiger partial charge in [-0.1, -0.05) is 6.07 Å². The molecule has 0 fully saturated rings. The van der Waals surface area contributed by atoms with Crippen LogP contribution in [-0.2, 0) is 6.42 Å². The molecule has 0 aliphatic heterocycles. The summed E-state index contributed by atoms with van der Waals surface area (Å²) in [6.07, 6.45) is 2.49. The standard InChI is InChI=1S/C12H13Cl2NO/c1-15-10(12(13)14)7-8-2-3-11-9(6-8)4-5-16-11/h2-6,10,12,15H,7H2,1H3. The fourth-order valence-electron chi connectivity index (χ4n) is 1.71. The summed E-state index contributed by atoms with van der Waals surface area (Å²) in [5.74, 6) is 0. The molecule has 0 saturated carbocycles. The van der Waals surface area contributed by atoms with Crippen LogP contribution in [0.3, 0.4) is 0 Å². The number of rotatable bonds is 4. The number of fused-ring (bicyclic) bond motifs is 1. The lowest BCUT2D eigenvalue weighted by molar-refractivity contribution is 0.592. The van der Waals surface area contributed by atoms with E-state index in [0.29, 0.717) is 0 Å². The summed E-state index contributed by atoms with van der Waals surface area (Å²) in [5.41, 5.74) is 2.10. The Morgan fingerprint density at radius 3 is 2.81 bits per heavy atom. The van der Waals surface area contributed by atoms with Crippen molar-refractivity contribution in [3.05, 3.63) is 36.1 Å². The van der Waals surface area contributed by atoms with Crippen LogP contribution in [0.2, 0.25) is 0 Å². The quantitative estimate of drug-likeness (QED) is 0.850. The number of hydrogen-bond donors (Lipinski definition) is 1. The monoisotopic (exact) mass is 257 g/mol. The highest BCUT2D eigenvalue weighted by molar-refractivity contribution is 6.44. The van der Waals surface area contributed by atoms with Crippen molar-refractivity contribution in [3.8, 4) is 0 Å². The van der Waals surface area contributed by atoms with E-state index in [1.807, 2.05) is 25.2 Å². The van der Waals surface area contributed by atoms with Gasteiger partial charge in [0.15, 0.2) is 0 Å². The van der Waals surface area contributed by atoms with Gasteiger partial charge in [0.25, 0.3) is 0 Å². The van der Waals surface area contributed by atoms with Crippen molar-refractivity contribution in [3.63, 3.8) is 0 Å². The number of furan rings is 1. The zero-order chi connectivity index (χ0) is 11.5. The molecule has 4 heteroatoms. The number of alkyl halides is 2. The average molecular weight is 258 g/mol. The molecule has 1 heterocycles. The van der Waals surface area contributed by atoms with Gasteiger partial charge < -0.3 is 9.73 Å². The zero-order valence-corrected chi connectivity index (χ0v) is 10.4. The molecule has 1 N–H and O–H groups in total. The largest absolute Gasteiger partial charge is 0.464 e. The van der Waals surface area contributed by atoms with Gasteiger partial charge in [-0.15, -0.1) is 23.2 Å². The van der Waals surface area contributed by atoms with Crippen molar-refractivity contribution in [2.75, 3.05) is 7.05 Å². The Morgan fingerprint density at radius 1 is 1.31 bits per heavy atom. The van der Waals surface area contributed by atoms with Gasteiger partial charge >= 0.3 is 0 Å². The summed E-state index contributed by atoms with van der Waals surface area (Å²) in [5, 5.41) is 4.21. The molecule has 1 unspecified atom stereocenters. The maximum absolute atomic E-state index is 5.88. The first-order chi connectivity index (χ1) is 7.70. The molecule has 0 spiro atoms. The predicted octanol–water partition coefficient (Wildman–Crippen LogP) is 3.37. The van der Waals surface area contributed by atoms with Crippen LogP contribution in [0.25, 0.3) is 11.0 Å². The first kappa shape index (κ1) is 11.8. The van der Waals surface area contributed by atoms with Crippen molar-refractivity contribution in [1.82, 2.24) is 5.32 Å². The first-order valence-corrected chi connectivity index (χ1v) is 5.99. The third-order valence-corrected chi connectivity index (χ3v) is 3.26. The van der Waals surface area contributed by atoms with Gasteiger partial charge in [0.2, 0.25) is 0 Å². The van der Waals surface area contributed by atoms with Crippen LogP contribution in [-0.4, -0.2) is 17.9 Å². The van der Waals surface area contributed by atoms with Crippen molar-refractivity contribution in [2.24, 2.45) is 0 Å². The number of halogens is 2. The van der Waals surface area contributed by atoms with E-state index in [4.69, 9.17) is 27.6 Å². The van der Waals surface area contributed by atoms with E-state index in [9.17, 15) is 0 Å². The number of likely N-dealkylation sites (N-methyl/N-ethyl adjacent to an activating group) is 1. The summed E-state index contributed by atoms with van der Waals surface area (Å²) in [6, 6.07) is 8.11. The zero-order valence-electron chi connectivity index (χ0n) is 8.91. The van der Waals surface area contributed by atoms with E-state index < -0.39 is 4.84 Å².